The quantitative estimate of drug-likeness (QED) is 0.658. The van der Waals surface area contributed by atoms with Gasteiger partial charge < -0.3 is 16.8 Å². The van der Waals surface area contributed by atoms with Crippen LogP contribution in [0, 0.1) is 0 Å². The molecule has 2 rings (SSSR count). The monoisotopic (exact) mass is 255 g/mol. The van der Waals surface area contributed by atoms with E-state index in [9.17, 15) is 0 Å². The third-order valence-electron chi connectivity index (χ3n) is 2.25. The molecule has 0 saturated heterocycles. The topological polar surface area (TPSA) is 89.3 Å². The van der Waals surface area contributed by atoms with E-state index in [4.69, 9.17) is 17.3 Å². The zero-order valence-corrected chi connectivity index (χ0v) is 10.6. The molecule has 5 nitrogen and oxygen atoms in total. The van der Waals surface area contributed by atoms with Crippen molar-refractivity contribution < 1.29 is 0 Å². The molecule has 1 aromatic rings. The van der Waals surface area contributed by atoms with Crippen molar-refractivity contribution in [3.8, 4) is 0 Å². The number of rotatable bonds is 2. The standard InChI is InChI=1S/C10H13ClN4.CH5N/c11-9-2-1-7(4-13-9)3-10-14-5-8(12)6-15-10;1-2/h1-2,4,8H,3,5-6,12H2,(H,14,15);2H2,1H3. The molecule has 0 bridgehead atoms. The summed E-state index contributed by atoms with van der Waals surface area (Å²) in [6.07, 6.45) is 2.53. The van der Waals surface area contributed by atoms with Gasteiger partial charge in [0.05, 0.1) is 6.54 Å². The molecular weight excluding hydrogens is 238 g/mol. The molecule has 0 aliphatic carbocycles. The molecule has 1 aromatic heterocycles. The maximum atomic E-state index is 5.71. The van der Waals surface area contributed by atoms with Crippen LogP contribution in [0.3, 0.4) is 0 Å². The summed E-state index contributed by atoms with van der Waals surface area (Å²) in [5, 5.41) is 3.71. The normalized spacial score (nSPS) is 18.6. The molecule has 0 aromatic carbocycles. The van der Waals surface area contributed by atoms with Crippen LogP contribution in [-0.2, 0) is 6.42 Å². The van der Waals surface area contributed by atoms with Crippen molar-refractivity contribution in [1.82, 2.24) is 10.3 Å². The minimum atomic E-state index is 0.136. The number of hydrogen-bond donors (Lipinski definition) is 3. The molecule has 0 spiro atoms. The van der Waals surface area contributed by atoms with Crippen LogP contribution in [0.25, 0.3) is 0 Å². The highest BCUT2D eigenvalue weighted by Crippen LogP contribution is 2.06. The first-order valence-electron chi connectivity index (χ1n) is 5.45. The van der Waals surface area contributed by atoms with Gasteiger partial charge in [0.1, 0.15) is 11.0 Å². The van der Waals surface area contributed by atoms with Gasteiger partial charge >= 0.3 is 0 Å². The van der Waals surface area contributed by atoms with Crippen molar-refractivity contribution in [2.24, 2.45) is 16.5 Å². The first-order valence-corrected chi connectivity index (χ1v) is 5.83. The Morgan fingerprint density at radius 2 is 2.24 bits per heavy atom. The smallest absolute Gasteiger partial charge is 0.129 e. The van der Waals surface area contributed by atoms with Crippen LogP contribution >= 0.6 is 11.6 Å². The van der Waals surface area contributed by atoms with Gasteiger partial charge in [0.25, 0.3) is 0 Å². The lowest BCUT2D eigenvalue weighted by Crippen LogP contribution is -2.44. The van der Waals surface area contributed by atoms with Crippen molar-refractivity contribution >= 4 is 17.4 Å². The summed E-state index contributed by atoms with van der Waals surface area (Å²) >= 11 is 5.70. The first-order chi connectivity index (χ1) is 8.24. The minimum Gasteiger partial charge on any atom is -0.372 e. The highest BCUT2D eigenvalue weighted by Gasteiger charge is 2.10. The van der Waals surface area contributed by atoms with Crippen molar-refractivity contribution in [1.29, 1.82) is 0 Å². The first kappa shape index (κ1) is 13.9. The number of nitrogens with two attached hydrogens (primary N) is 2. The summed E-state index contributed by atoms with van der Waals surface area (Å²) in [5.41, 5.74) is 11.3. The molecular formula is C11H18ClN5. The molecule has 5 N–H and O–H groups in total. The molecule has 6 heteroatoms. The Kier molecular flexibility index (Phi) is 5.90. The lowest BCUT2D eigenvalue weighted by Gasteiger charge is -2.19. The van der Waals surface area contributed by atoms with E-state index >= 15 is 0 Å². The van der Waals surface area contributed by atoms with E-state index in [-0.39, 0.29) is 6.04 Å². The van der Waals surface area contributed by atoms with E-state index in [1.165, 1.54) is 7.05 Å². The van der Waals surface area contributed by atoms with Crippen LogP contribution in [0.5, 0.6) is 0 Å². The average Bonchev–Trinajstić information content (AvgIpc) is 2.37. The highest BCUT2D eigenvalue weighted by molar-refractivity contribution is 6.29. The molecule has 2 heterocycles. The van der Waals surface area contributed by atoms with Crippen LogP contribution in [-0.4, -0.2) is 37.0 Å². The molecule has 1 aliphatic rings. The van der Waals surface area contributed by atoms with Gasteiger partial charge in [-0.1, -0.05) is 17.7 Å². The number of nitrogens with zero attached hydrogens (tertiary/aromatic N) is 2. The van der Waals surface area contributed by atoms with E-state index in [0.29, 0.717) is 11.7 Å². The summed E-state index contributed by atoms with van der Waals surface area (Å²) < 4.78 is 0. The molecule has 17 heavy (non-hydrogen) atoms. The SMILES string of the molecule is CN.NC1CN=C(Cc2ccc(Cl)nc2)NC1. The van der Waals surface area contributed by atoms with Gasteiger partial charge in [-0.05, 0) is 18.7 Å². The predicted molar refractivity (Wildman–Crippen MR) is 71.3 cm³/mol. The number of hydrogen-bond acceptors (Lipinski definition) is 5. The molecule has 0 saturated carbocycles. The van der Waals surface area contributed by atoms with Crippen molar-refractivity contribution in [2.45, 2.75) is 12.5 Å². The van der Waals surface area contributed by atoms with Crippen LogP contribution in [0.1, 0.15) is 5.56 Å². The summed E-state index contributed by atoms with van der Waals surface area (Å²) in [7, 11) is 1.50. The van der Waals surface area contributed by atoms with E-state index in [1.54, 1.807) is 12.3 Å². The van der Waals surface area contributed by atoms with Crippen LogP contribution in [0.15, 0.2) is 23.3 Å². The van der Waals surface area contributed by atoms with E-state index in [1.807, 2.05) is 6.07 Å². The average molecular weight is 256 g/mol. The second-order valence-electron chi connectivity index (χ2n) is 3.59. The van der Waals surface area contributed by atoms with E-state index in [0.717, 1.165) is 24.4 Å². The molecule has 1 atom stereocenters. The van der Waals surface area contributed by atoms with Crippen LogP contribution < -0.4 is 16.8 Å². The lowest BCUT2D eigenvalue weighted by molar-refractivity contribution is 0.622. The lowest BCUT2D eigenvalue weighted by atomic mass is 10.1. The Morgan fingerprint density at radius 3 is 2.76 bits per heavy atom. The molecule has 0 radical (unpaired) electrons. The maximum absolute atomic E-state index is 5.71. The Bertz CT molecular complexity index is 363. The molecule has 94 valence electrons. The highest BCUT2D eigenvalue weighted by atomic mass is 35.5. The number of nitrogens with one attached hydrogen (secondary N) is 1. The number of amidine groups is 1. The predicted octanol–water partition coefficient (Wildman–Crippen LogP) is 0.181. The number of halogens is 1. The van der Waals surface area contributed by atoms with Gasteiger partial charge in [-0.3, -0.25) is 4.99 Å². The van der Waals surface area contributed by atoms with Gasteiger partial charge in [0.15, 0.2) is 0 Å². The number of aliphatic imine (C=N–C) groups is 1. The maximum Gasteiger partial charge on any atom is 0.129 e. The van der Waals surface area contributed by atoms with E-state index < -0.39 is 0 Å². The zero-order valence-electron chi connectivity index (χ0n) is 9.86. The van der Waals surface area contributed by atoms with Crippen molar-refractivity contribution in [3.63, 3.8) is 0 Å². The van der Waals surface area contributed by atoms with Gasteiger partial charge in [-0.2, -0.15) is 0 Å². The molecule has 1 aliphatic heterocycles. The zero-order chi connectivity index (χ0) is 12.7. The van der Waals surface area contributed by atoms with Crippen LogP contribution in [0.2, 0.25) is 5.15 Å². The fourth-order valence-electron chi connectivity index (χ4n) is 1.42. The summed E-state index contributed by atoms with van der Waals surface area (Å²) in [6.45, 7) is 1.49. The Labute approximate surface area is 106 Å². The second kappa shape index (κ2) is 7.21. The fraction of sp³-hybridized carbons (Fsp3) is 0.455. The number of pyridine rings is 1. The Balaban J connectivity index is 0.000000686. The molecule has 1 unspecified atom stereocenters. The van der Waals surface area contributed by atoms with Gasteiger partial charge in [0.2, 0.25) is 0 Å². The second-order valence-corrected chi connectivity index (χ2v) is 3.98. The Hall–Kier alpha value is -1.17. The summed E-state index contributed by atoms with van der Waals surface area (Å²) in [4.78, 5) is 8.37. The molecule has 0 fully saturated rings. The fourth-order valence-corrected chi connectivity index (χ4v) is 1.53. The van der Waals surface area contributed by atoms with E-state index in [2.05, 4.69) is 21.0 Å². The number of aromatic nitrogens is 1. The largest absolute Gasteiger partial charge is 0.372 e. The Morgan fingerprint density at radius 1 is 1.47 bits per heavy atom. The summed E-state index contributed by atoms with van der Waals surface area (Å²) in [5.74, 6) is 0.973. The summed E-state index contributed by atoms with van der Waals surface area (Å²) in [6, 6.07) is 3.87. The third-order valence-corrected chi connectivity index (χ3v) is 2.47. The van der Waals surface area contributed by atoms with Crippen LogP contribution in [0.4, 0.5) is 0 Å². The molecule has 0 amide bonds. The van der Waals surface area contributed by atoms with Crippen molar-refractivity contribution in [3.05, 3.63) is 29.0 Å². The van der Waals surface area contributed by atoms with Gasteiger partial charge in [-0.25, -0.2) is 4.98 Å². The van der Waals surface area contributed by atoms with Gasteiger partial charge in [0, 0.05) is 25.2 Å². The van der Waals surface area contributed by atoms with Gasteiger partial charge in [-0.15, -0.1) is 0 Å². The third kappa shape index (κ3) is 4.68. The minimum absolute atomic E-state index is 0.136. The van der Waals surface area contributed by atoms with Crippen molar-refractivity contribution in [2.75, 3.05) is 20.1 Å².